The normalized spacial score (nSPS) is 11.3. The summed E-state index contributed by atoms with van der Waals surface area (Å²) in [5.74, 6) is 0.769. The van der Waals surface area contributed by atoms with Crippen molar-refractivity contribution in [2.45, 2.75) is 0 Å². The summed E-state index contributed by atoms with van der Waals surface area (Å²) in [6.07, 6.45) is 0. The maximum atomic E-state index is 9.19. The van der Waals surface area contributed by atoms with Crippen molar-refractivity contribution in [3.63, 3.8) is 0 Å². The Morgan fingerprint density at radius 1 is 1.11 bits per heavy atom. The van der Waals surface area contributed by atoms with Crippen molar-refractivity contribution in [2.24, 2.45) is 5.16 Å². The summed E-state index contributed by atoms with van der Waals surface area (Å²) in [4.78, 5) is 0. The molecule has 2 aromatic rings. The zero-order valence-corrected chi connectivity index (χ0v) is 11.4. The van der Waals surface area contributed by atoms with E-state index in [2.05, 4.69) is 21.1 Å². The Kier molecular flexibility index (Phi) is 3.99. The van der Waals surface area contributed by atoms with Crippen molar-refractivity contribution in [1.82, 2.24) is 0 Å². The third-order valence-electron chi connectivity index (χ3n) is 2.56. The van der Waals surface area contributed by atoms with E-state index in [1.54, 1.807) is 7.11 Å². The molecule has 0 amide bonds. The fraction of sp³-hybridized carbons (Fsp3) is 0.0714. The minimum atomic E-state index is 0.527. The minimum Gasteiger partial charge on any atom is -0.497 e. The highest BCUT2D eigenvalue weighted by Gasteiger charge is 2.08. The SMILES string of the molecule is COc1ccc(/C(=N/O)c2cccc(Br)c2)cc1. The molecule has 2 aromatic carbocycles. The number of oxime groups is 1. The largest absolute Gasteiger partial charge is 0.497 e. The lowest BCUT2D eigenvalue weighted by Gasteiger charge is -2.06. The number of hydrogen-bond acceptors (Lipinski definition) is 3. The van der Waals surface area contributed by atoms with Crippen molar-refractivity contribution in [1.29, 1.82) is 0 Å². The molecule has 0 fully saturated rings. The minimum absolute atomic E-state index is 0.527. The molecule has 0 atom stereocenters. The van der Waals surface area contributed by atoms with Gasteiger partial charge in [-0.05, 0) is 36.4 Å². The Hall–Kier alpha value is -1.81. The van der Waals surface area contributed by atoms with Gasteiger partial charge in [-0.15, -0.1) is 0 Å². The molecule has 0 bridgehead atoms. The van der Waals surface area contributed by atoms with Gasteiger partial charge in [0.25, 0.3) is 0 Å². The van der Waals surface area contributed by atoms with Gasteiger partial charge < -0.3 is 9.94 Å². The summed E-state index contributed by atoms with van der Waals surface area (Å²) in [5.41, 5.74) is 2.20. The third kappa shape index (κ3) is 2.71. The summed E-state index contributed by atoms with van der Waals surface area (Å²) in [5, 5.41) is 12.6. The first-order chi connectivity index (χ1) is 8.74. The van der Waals surface area contributed by atoms with Crippen LogP contribution in [-0.4, -0.2) is 18.0 Å². The molecule has 4 heteroatoms. The van der Waals surface area contributed by atoms with Crippen LogP contribution in [-0.2, 0) is 0 Å². The van der Waals surface area contributed by atoms with E-state index in [1.165, 1.54) is 0 Å². The topological polar surface area (TPSA) is 41.8 Å². The predicted octanol–water partition coefficient (Wildman–Crippen LogP) is 3.68. The number of hydrogen-bond donors (Lipinski definition) is 1. The van der Waals surface area contributed by atoms with Crippen LogP contribution in [0.15, 0.2) is 58.2 Å². The average molecular weight is 306 g/mol. The molecule has 0 unspecified atom stereocenters. The fourth-order valence-electron chi connectivity index (χ4n) is 1.67. The van der Waals surface area contributed by atoms with E-state index < -0.39 is 0 Å². The van der Waals surface area contributed by atoms with Crippen LogP contribution in [0.1, 0.15) is 11.1 Å². The molecule has 0 aliphatic rings. The highest BCUT2D eigenvalue weighted by molar-refractivity contribution is 9.10. The number of methoxy groups -OCH3 is 1. The molecule has 1 N–H and O–H groups in total. The Bertz CT molecular complexity index is 564. The smallest absolute Gasteiger partial charge is 0.118 e. The molecule has 2 rings (SSSR count). The second kappa shape index (κ2) is 5.69. The molecule has 0 saturated heterocycles. The van der Waals surface area contributed by atoms with Crippen molar-refractivity contribution in [3.05, 3.63) is 64.1 Å². The number of rotatable bonds is 3. The summed E-state index contributed by atoms with van der Waals surface area (Å²) in [7, 11) is 1.62. The Morgan fingerprint density at radius 3 is 2.39 bits per heavy atom. The van der Waals surface area contributed by atoms with Crippen LogP contribution >= 0.6 is 15.9 Å². The van der Waals surface area contributed by atoms with Crippen LogP contribution in [0.5, 0.6) is 5.75 Å². The summed E-state index contributed by atoms with van der Waals surface area (Å²) in [6, 6.07) is 15.0. The molecule has 0 radical (unpaired) electrons. The van der Waals surface area contributed by atoms with E-state index in [0.717, 1.165) is 21.3 Å². The van der Waals surface area contributed by atoms with Gasteiger partial charge in [0.1, 0.15) is 11.5 Å². The zero-order valence-electron chi connectivity index (χ0n) is 9.80. The highest BCUT2D eigenvalue weighted by Crippen LogP contribution is 2.18. The quantitative estimate of drug-likeness (QED) is 0.534. The van der Waals surface area contributed by atoms with Crippen molar-refractivity contribution in [3.8, 4) is 5.75 Å². The lowest BCUT2D eigenvalue weighted by molar-refractivity contribution is 0.319. The Balaban J connectivity index is 2.39. The van der Waals surface area contributed by atoms with Crippen molar-refractivity contribution >= 4 is 21.6 Å². The summed E-state index contributed by atoms with van der Waals surface area (Å²) < 4.78 is 6.04. The first-order valence-electron chi connectivity index (χ1n) is 5.37. The van der Waals surface area contributed by atoms with Gasteiger partial charge in [0, 0.05) is 15.6 Å². The van der Waals surface area contributed by atoms with Gasteiger partial charge in [0.2, 0.25) is 0 Å². The maximum absolute atomic E-state index is 9.19. The molecule has 0 aliphatic carbocycles. The zero-order chi connectivity index (χ0) is 13.0. The van der Waals surface area contributed by atoms with E-state index in [1.807, 2.05) is 48.5 Å². The van der Waals surface area contributed by atoms with Crippen LogP contribution in [0.2, 0.25) is 0 Å². The fourth-order valence-corrected chi connectivity index (χ4v) is 2.07. The van der Waals surface area contributed by atoms with Crippen LogP contribution < -0.4 is 4.74 Å². The molecule has 3 nitrogen and oxygen atoms in total. The van der Waals surface area contributed by atoms with E-state index >= 15 is 0 Å². The number of ether oxygens (including phenoxy) is 1. The lowest BCUT2D eigenvalue weighted by atomic mass is 10.0. The van der Waals surface area contributed by atoms with Crippen LogP contribution in [0.25, 0.3) is 0 Å². The highest BCUT2D eigenvalue weighted by atomic mass is 79.9. The Labute approximate surface area is 114 Å². The van der Waals surface area contributed by atoms with Gasteiger partial charge in [-0.1, -0.05) is 33.2 Å². The van der Waals surface area contributed by atoms with Crippen molar-refractivity contribution in [2.75, 3.05) is 7.11 Å². The standard InChI is InChI=1S/C14H12BrNO2/c1-18-13-7-5-10(6-8-13)14(16-17)11-3-2-4-12(15)9-11/h2-9,17H,1H3/b16-14-. The average Bonchev–Trinajstić information content (AvgIpc) is 2.40. The first kappa shape index (κ1) is 12.6. The third-order valence-corrected chi connectivity index (χ3v) is 3.05. The van der Waals surface area contributed by atoms with Crippen molar-refractivity contribution < 1.29 is 9.94 Å². The molecule has 18 heavy (non-hydrogen) atoms. The van der Waals surface area contributed by atoms with Crippen LogP contribution in [0.3, 0.4) is 0 Å². The summed E-state index contributed by atoms with van der Waals surface area (Å²) >= 11 is 3.40. The van der Waals surface area contributed by atoms with Gasteiger partial charge in [0.05, 0.1) is 7.11 Å². The van der Waals surface area contributed by atoms with Crippen LogP contribution in [0.4, 0.5) is 0 Å². The van der Waals surface area contributed by atoms with E-state index in [-0.39, 0.29) is 0 Å². The molecule has 0 saturated carbocycles. The molecular weight excluding hydrogens is 294 g/mol. The van der Waals surface area contributed by atoms with Gasteiger partial charge in [-0.25, -0.2) is 0 Å². The van der Waals surface area contributed by atoms with E-state index in [9.17, 15) is 5.21 Å². The van der Waals surface area contributed by atoms with Gasteiger partial charge in [-0.2, -0.15) is 0 Å². The molecule has 0 aromatic heterocycles. The van der Waals surface area contributed by atoms with E-state index in [4.69, 9.17) is 4.74 Å². The van der Waals surface area contributed by atoms with Gasteiger partial charge >= 0.3 is 0 Å². The first-order valence-corrected chi connectivity index (χ1v) is 6.16. The predicted molar refractivity (Wildman–Crippen MR) is 74.6 cm³/mol. The van der Waals surface area contributed by atoms with E-state index in [0.29, 0.717) is 5.71 Å². The number of nitrogens with zero attached hydrogens (tertiary/aromatic N) is 1. The number of halogens is 1. The monoisotopic (exact) mass is 305 g/mol. The Morgan fingerprint density at radius 2 is 1.83 bits per heavy atom. The van der Waals surface area contributed by atoms with Crippen LogP contribution in [0, 0.1) is 0 Å². The van der Waals surface area contributed by atoms with Gasteiger partial charge in [-0.3, -0.25) is 0 Å². The summed E-state index contributed by atoms with van der Waals surface area (Å²) in [6.45, 7) is 0. The molecule has 0 spiro atoms. The molecular formula is C14H12BrNO2. The second-order valence-electron chi connectivity index (χ2n) is 3.69. The van der Waals surface area contributed by atoms with Gasteiger partial charge in [0.15, 0.2) is 0 Å². The molecule has 0 heterocycles. The molecule has 92 valence electrons. The second-order valence-corrected chi connectivity index (χ2v) is 4.60. The number of benzene rings is 2. The lowest BCUT2D eigenvalue weighted by Crippen LogP contribution is -2.03. The maximum Gasteiger partial charge on any atom is 0.118 e. The molecule has 0 aliphatic heterocycles.